The minimum absolute atomic E-state index is 0.0660. The van der Waals surface area contributed by atoms with Gasteiger partial charge in [0.2, 0.25) is 0 Å². The number of benzene rings is 1. The number of aromatic carboxylic acids is 1. The van der Waals surface area contributed by atoms with Crippen molar-refractivity contribution >= 4 is 11.7 Å². The van der Waals surface area contributed by atoms with E-state index < -0.39 is 5.97 Å². The highest BCUT2D eigenvalue weighted by Crippen LogP contribution is 2.20. The van der Waals surface area contributed by atoms with Gasteiger partial charge in [0, 0.05) is 11.9 Å². The van der Waals surface area contributed by atoms with Crippen molar-refractivity contribution in [3.05, 3.63) is 59.4 Å². The van der Waals surface area contributed by atoms with E-state index in [4.69, 9.17) is 5.11 Å². The van der Waals surface area contributed by atoms with Crippen LogP contribution >= 0.6 is 0 Å². The molecule has 2 N–H and O–H groups in total. The Labute approximate surface area is 112 Å². The van der Waals surface area contributed by atoms with Crippen molar-refractivity contribution in [2.24, 2.45) is 0 Å². The number of carboxylic acid groups (broad SMARTS) is 1. The lowest BCUT2D eigenvalue weighted by atomic mass is 10.1. The van der Waals surface area contributed by atoms with E-state index in [9.17, 15) is 4.79 Å². The number of rotatable bonds is 4. The van der Waals surface area contributed by atoms with Crippen LogP contribution in [0.3, 0.4) is 0 Å². The summed E-state index contributed by atoms with van der Waals surface area (Å²) in [6.45, 7) is 3.81. The number of pyridine rings is 1. The monoisotopic (exact) mass is 256 g/mol. The molecule has 1 aromatic carbocycles. The van der Waals surface area contributed by atoms with Crippen LogP contribution in [0.4, 0.5) is 5.69 Å². The Bertz CT molecular complexity index is 582. The van der Waals surface area contributed by atoms with E-state index in [2.05, 4.69) is 10.3 Å². The van der Waals surface area contributed by atoms with E-state index in [1.54, 1.807) is 25.3 Å². The fourth-order valence-electron chi connectivity index (χ4n) is 1.95. The van der Waals surface area contributed by atoms with Crippen LogP contribution in [0.25, 0.3) is 0 Å². The Morgan fingerprint density at radius 3 is 2.68 bits per heavy atom. The molecule has 0 spiro atoms. The number of aryl methyl sites for hydroxylation is 1. The highest BCUT2D eigenvalue weighted by molar-refractivity contribution is 5.89. The van der Waals surface area contributed by atoms with Crippen molar-refractivity contribution in [2.75, 3.05) is 5.32 Å². The molecular weight excluding hydrogens is 240 g/mol. The molecule has 98 valence electrons. The minimum atomic E-state index is -0.901. The fourth-order valence-corrected chi connectivity index (χ4v) is 1.95. The molecular formula is C15H16N2O2. The second kappa shape index (κ2) is 5.52. The van der Waals surface area contributed by atoms with E-state index in [0.29, 0.717) is 5.56 Å². The van der Waals surface area contributed by atoms with E-state index in [-0.39, 0.29) is 6.04 Å². The molecule has 0 fully saturated rings. The Balaban J connectivity index is 2.16. The first-order chi connectivity index (χ1) is 9.08. The zero-order chi connectivity index (χ0) is 13.8. The minimum Gasteiger partial charge on any atom is -0.478 e. The molecule has 0 saturated heterocycles. The first-order valence-corrected chi connectivity index (χ1v) is 6.09. The van der Waals surface area contributed by atoms with Crippen LogP contribution in [-0.2, 0) is 0 Å². The van der Waals surface area contributed by atoms with Crippen molar-refractivity contribution < 1.29 is 9.90 Å². The van der Waals surface area contributed by atoms with E-state index in [0.717, 1.165) is 16.9 Å². The summed E-state index contributed by atoms with van der Waals surface area (Å²) >= 11 is 0. The first kappa shape index (κ1) is 13.1. The largest absolute Gasteiger partial charge is 0.478 e. The molecule has 2 rings (SSSR count). The summed E-state index contributed by atoms with van der Waals surface area (Å²) in [4.78, 5) is 15.2. The van der Waals surface area contributed by atoms with Crippen LogP contribution in [0.2, 0.25) is 0 Å². The molecule has 0 aliphatic rings. The quantitative estimate of drug-likeness (QED) is 0.881. The van der Waals surface area contributed by atoms with E-state index in [1.807, 2.05) is 31.2 Å². The van der Waals surface area contributed by atoms with Crippen molar-refractivity contribution in [1.29, 1.82) is 0 Å². The predicted octanol–water partition coefficient (Wildman–Crippen LogP) is 3.26. The van der Waals surface area contributed by atoms with Gasteiger partial charge in [0.25, 0.3) is 0 Å². The highest BCUT2D eigenvalue weighted by Gasteiger charge is 2.09. The van der Waals surface area contributed by atoms with Crippen LogP contribution in [-0.4, -0.2) is 16.1 Å². The van der Waals surface area contributed by atoms with Crippen molar-refractivity contribution in [1.82, 2.24) is 4.98 Å². The van der Waals surface area contributed by atoms with Crippen LogP contribution in [0.1, 0.15) is 34.6 Å². The SMILES string of the molecule is Cc1cc(NC(C)c2ccccn2)ccc1C(=O)O. The molecule has 1 aromatic heterocycles. The van der Waals surface area contributed by atoms with Gasteiger partial charge in [-0.05, 0) is 49.7 Å². The van der Waals surface area contributed by atoms with Crippen molar-refractivity contribution in [3.63, 3.8) is 0 Å². The highest BCUT2D eigenvalue weighted by atomic mass is 16.4. The number of carbonyl (C=O) groups is 1. The topological polar surface area (TPSA) is 62.2 Å². The van der Waals surface area contributed by atoms with Crippen LogP contribution < -0.4 is 5.32 Å². The maximum Gasteiger partial charge on any atom is 0.335 e. The third kappa shape index (κ3) is 3.10. The molecule has 0 bridgehead atoms. The lowest BCUT2D eigenvalue weighted by Gasteiger charge is -2.15. The molecule has 1 unspecified atom stereocenters. The molecule has 0 saturated carbocycles. The molecule has 4 heteroatoms. The predicted molar refractivity (Wildman–Crippen MR) is 74.4 cm³/mol. The van der Waals surface area contributed by atoms with Crippen molar-refractivity contribution in [3.8, 4) is 0 Å². The average Bonchev–Trinajstić information content (AvgIpc) is 2.39. The van der Waals surface area contributed by atoms with Gasteiger partial charge in [-0.25, -0.2) is 4.79 Å². The van der Waals surface area contributed by atoms with Crippen LogP contribution in [0.5, 0.6) is 0 Å². The zero-order valence-corrected chi connectivity index (χ0v) is 10.9. The molecule has 0 radical (unpaired) electrons. The molecule has 0 aliphatic heterocycles. The zero-order valence-electron chi connectivity index (χ0n) is 10.9. The Morgan fingerprint density at radius 2 is 2.11 bits per heavy atom. The molecule has 0 amide bonds. The van der Waals surface area contributed by atoms with Gasteiger partial charge in [-0.2, -0.15) is 0 Å². The molecule has 19 heavy (non-hydrogen) atoms. The van der Waals surface area contributed by atoms with Gasteiger partial charge in [0.1, 0.15) is 0 Å². The number of hydrogen-bond acceptors (Lipinski definition) is 3. The van der Waals surface area contributed by atoms with Gasteiger partial charge in [0.05, 0.1) is 17.3 Å². The van der Waals surface area contributed by atoms with Gasteiger partial charge >= 0.3 is 5.97 Å². The second-order valence-electron chi connectivity index (χ2n) is 4.46. The van der Waals surface area contributed by atoms with Gasteiger partial charge < -0.3 is 10.4 Å². The summed E-state index contributed by atoms with van der Waals surface area (Å²) in [6, 6.07) is 11.1. The van der Waals surface area contributed by atoms with E-state index >= 15 is 0 Å². The third-order valence-electron chi connectivity index (χ3n) is 2.97. The maximum atomic E-state index is 10.9. The van der Waals surface area contributed by atoms with Gasteiger partial charge in [0.15, 0.2) is 0 Å². The number of aromatic nitrogens is 1. The van der Waals surface area contributed by atoms with Crippen LogP contribution in [0, 0.1) is 6.92 Å². The molecule has 2 aromatic rings. The van der Waals surface area contributed by atoms with Gasteiger partial charge in [-0.15, -0.1) is 0 Å². The Morgan fingerprint density at radius 1 is 1.32 bits per heavy atom. The lowest BCUT2D eigenvalue weighted by Crippen LogP contribution is -2.09. The smallest absolute Gasteiger partial charge is 0.335 e. The molecule has 1 atom stereocenters. The first-order valence-electron chi connectivity index (χ1n) is 6.09. The third-order valence-corrected chi connectivity index (χ3v) is 2.97. The summed E-state index contributed by atoms with van der Waals surface area (Å²) in [6.07, 6.45) is 1.76. The number of nitrogens with one attached hydrogen (secondary N) is 1. The Hall–Kier alpha value is -2.36. The van der Waals surface area contributed by atoms with Crippen LogP contribution in [0.15, 0.2) is 42.6 Å². The molecule has 1 heterocycles. The number of nitrogens with zero attached hydrogens (tertiary/aromatic N) is 1. The Kier molecular flexibility index (Phi) is 3.80. The van der Waals surface area contributed by atoms with Gasteiger partial charge in [-0.3, -0.25) is 4.98 Å². The molecule has 4 nitrogen and oxygen atoms in total. The summed E-state index contributed by atoms with van der Waals surface area (Å²) in [5, 5.41) is 12.3. The molecule has 0 aliphatic carbocycles. The maximum absolute atomic E-state index is 10.9. The van der Waals surface area contributed by atoms with Crippen molar-refractivity contribution in [2.45, 2.75) is 19.9 Å². The number of hydrogen-bond donors (Lipinski definition) is 2. The number of carboxylic acids is 1. The normalized spacial score (nSPS) is 11.9. The number of anilines is 1. The average molecular weight is 256 g/mol. The summed E-state index contributed by atoms with van der Waals surface area (Å²) in [7, 11) is 0. The summed E-state index contributed by atoms with van der Waals surface area (Å²) in [5.74, 6) is -0.901. The van der Waals surface area contributed by atoms with Gasteiger partial charge in [-0.1, -0.05) is 6.07 Å². The lowest BCUT2D eigenvalue weighted by molar-refractivity contribution is 0.0696. The standard InChI is InChI=1S/C15H16N2O2/c1-10-9-12(6-7-13(10)15(18)19)17-11(2)14-5-3-4-8-16-14/h3-9,11,17H,1-2H3,(H,18,19). The summed E-state index contributed by atoms with van der Waals surface area (Å²) in [5.41, 5.74) is 2.91. The second-order valence-corrected chi connectivity index (χ2v) is 4.46. The van der Waals surface area contributed by atoms with E-state index in [1.165, 1.54) is 0 Å². The summed E-state index contributed by atoms with van der Waals surface area (Å²) < 4.78 is 0. The fraction of sp³-hybridized carbons (Fsp3) is 0.200.